The van der Waals surface area contributed by atoms with E-state index in [4.69, 9.17) is 9.84 Å². The molecule has 1 aromatic carbocycles. The molecule has 1 amide bonds. The fraction of sp³-hybridized carbons (Fsp3) is 0.308. The number of hydrogen-bond donors (Lipinski definition) is 2. The van der Waals surface area contributed by atoms with Crippen molar-refractivity contribution in [2.24, 2.45) is 0 Å². The van der Waals surface area contributed by atoms with Crippen molar-refractivity contribution in [2.45, 2.75) is 6.92 Å². The summed E-state index contributed by atoms with van der Waals surface area (Å²) in [5.74, 6) is 3.99. The Morgan fingerprint density at radius 3 is 3.00 bits per heavy atom. The lowest BCUT2D eigenvalue weighted by Crippen LogP contribution is -2.18. The Morgan fingerprint density at radius 1 is 1.56 bits per heavy atom. The van der Waals surface area contributed by atoms with Crippen molar-refractivity contribution in [1.82, 2.24) is 0 Å². The first-order chi connectivity index (χ1) is 8.67. The SMILES string of the molecule is CCOCC(=O)Nc1ccc(F)c(C#CCO)c1. The molecule has 0 radical (unpaired) electrons. The highest BCUT2D eigenvalue weighted by atomic mass is 19.1. The number of nitrogens with one attached hydrogen (secondary N) is 1. The van der Waals surface area contributed by atoms with Crippen molar-refractivity contribution in [3.63, 3.8) is 0 Å². The van der Waals surface area contributed by atoms with Crippen molar-refractivity contribution < 1.29 is 19.0 Å². The molecule has 0 aromatic heterocycles. The third kappa shape index (κ3) is 4.53. The number of halogens is 1. The summed E-state index contributed by atoms with van der Waals surface area (Å²) in [6, 6.07) is 4.04. The lowest BCUT2D eigenvalue weighted by atomic mass is 10.2. The van der Waals surface area contributed by atoms with Gasteiger partial charge in [0.15, 0.2) is 0 Å². The van der Waals surface area contributed by atoms with Crippen LogP contribution < -0.4 is 5.32 Å². The molecular weight excluding hydrogens is 237 g/mol. The third-order valence-electron chi connectivity index (χ3n) is 1.99. The summed E-state index contributed by atoms with van der Waals surface area (Å²) in [6.07, 6.45) is 0. The predicted molar refractivity (Wildman–Crippen MR) is 65.5 cm³/mol. The molecule has 18 heavy (non-hydrogen) atoms. The van der Waals surface area contributed by atoms with Crippen LogP contribution in [0.4, 0.5) is 10.1 Å². The number of hydrogen-bond acceptors (Lipinski definition) is 3. The molecule has 4 nitrogen and oxygen atoms in total. The van der Waals surface area contributed by atoms with E-state index in [1.165, 1.54) is 18.2 Å². The largest absolute Gasteiger partial charge is 0.384 e. The van der Waals surface area contributed by atoms with E-state index in [9.17, 15) is 9.18 Å². The summed E-state index contributed by atoms with van der Waals surface area (Å²) in [5.41, 5.74) is 0.557. The Hall–Kier alpha value is -1.90. The number of carbonyl (C=O) groups excluding carboxylic acids is 1. The molecule has 0 saturated carbocycles. The van der Waals surface area contributed by atoms with Crippen molar-refractivity contribution in [3.05, 3.63) is 29.6 Å². The molecule has 0 spiro atoms. The minimum atomic E-state index is -0.501. The fourth-order valence-corrected chi connectivity index (χ4v) is 1.23. The number of aliphatic hydroxyl groups is 1. The van der Waals surface area contributed by atoms with Crippen LogP contribution in [0.2, 0.25) is 0 Å². The van der Waals surface area contributed by atoms with Crippen LogP contribution in [0, 0.1) is 17.7 Å². The van der Waals surface area contributed by atoms with Gasteiger partial charge in [-0.05, 0) is 25.1 Å². The molecule has 5 heteroatoms. The Morgan fingerprint density at radius 2 is 2.33 bits per heavy atom. The third-order valence-corrected chi connectivity index (χ3v) is 1.99. The zero-order chi connectivity index (χ0) is 13.4. The molecule has 2 N–H and O–H groups in total. The Labute approximate surface area is 105 Å². The van der Waals surface area contributed by atoms with E-state index < -0.39 is 5.82 Å². The number of amides is 1. The van der Waals surface area contributed by atoms with Crippen molar-refractivity contribution in [2.75, 3.05) is 25.1 Å². The van der Waals surface area contributed by atoms with E-state index in [1.54, 1.807) is 6.92 Å². The minimum absolute atomic E-state index is 0.0501. The summed E-state index contributed by atoms with van der Waals surface area (Å²) in [5, 5.41) is 11.1. The van der Waals surface area contributed by atoms with E-state index in [2.05, 4.69) is 17.2 Å². The molecule has 1 aromatic rings. The predicted octanol–water partition coefficient (Wildman–Crippen LogP) is 1.14. The molecule has 0 bridgehead atoms. The lowest BCUT2D eigenvalue weighted by Gasteiger charge is -2.06. The van der Waals surface area contributed by atoms with Gasteiger partial charge in [-0.3, -0.25) is 4.79 Å². The van der Waals surface area contributed by atoms with Crippen LogP contribution in [0.3, 0.4) is 0 Å². The van der Waals surface area contributed by atoms with Crippen LogP contribution in [0.1, 0.15) is 12.5 Å². The highest BCUT2D eigenvalue weighted by molar-refractivity contribution is 5.91. The van der Waals surface area contributed by atoms with E-state index in [0.717, 1.165) is 0 Å². The molecule has 0 atom stereocenters. The first-order valence-corrected chi connectivity index (χ1v) is 5.44. The molecule has 0 unspecified atom stereocenters. The second kappa shape index (κ2) is 7.43. The van der Waals surface area contributed by atoms with E-state index in [-0.39, 0.29) is 24.7 Å². The maximum atomic E-state index is 13.3. The zero-order valence-electron chi connectivity index (χ0n) is 10.00. The minimum Gasteiger partial charge on any atom is -0.384 e. The van der Waals surface area contributed by atoms with E-state index in [0.29, 0.717) is 12.3 Å². The monoisotopic (exact) mass is 251 g/mol. The van der Waals surface area contributed by atoms with Gasteiger partial charge in [-0.25, -0.2) is 4.39 Å². The number of aliphatic hydroxyl groups excluding tert-OH is 1. The van der Waals surface area contributed by atoms with Crippen LogP contribution in [-0.2, 0) is 9.53 Å². The van der Waals surface area contributed by atoms with Gasteiger partial charge in [0, 0.05) is 12.3 Å². The van der Waals surface area contributed by atoms with Gasteiger partial charge in [-0.15, -0.1) is 0 Å². The Kier molecular flexibility index (Phi) is 5.85. The van der Waals surface area contributed by atoms with Gasteiger partial charge in [-0.1, -0.05) is 11.8 Å². The molecule has 0 heterocycles. The van der Waals surface area contributed by atoms with Gasteiger partial charge in [0.2, 0.25) is 5.91 Å². The molecule has 0 aliphatic carbocycles. The molecule has 0 aliphatic rings. The number of rotatable bonds is 4. The van der Waals surface area contributed by atoms with Crippen LogP contribution in [0.25, 0.3) is 0 Å². The van der Waals surface area contributed by atoms with Crippen LogP contribution in [0.5, 0.6) is 0 Å². The van der Waals surface area contributed by atoms with Crippen molar-refractivity contribution in [3.8, 4) is 11.8 Å². The van der Waals surface area contributed by atoms with Gasteiger partial charge < -0.3 is 15.2 Å². The van der Waals surface area contributed by atoms with Crippen LogP contribution in [0.15, 0.2) is 18.2 Å². The summed E-state index contributed by atoms with van der Waals surface area (Å²) in [4.78, 5) is 11.4. The summed E-state index contributed by atoms with van der Waals surface area (Å²) >= 11 is 0. The second-order valence-electron chi connectivity index (χ2n) is 3.34. The lowest BCUT2D eigenvalue weighted by molar-refractivity contribution is -0.120. The zero-order valence-corrected chi connectivity index (χ0v) is 10.00. The maximum Gasteiger partial charge on any atom is 0.250 e. The van der Waals surface area contributed by atoms with Crippen LogP contribution >= 0.6 is 0 Å². The molecular formula is C13H14FNO3. The van der Waals surface area contributed by atoms with E-state index >= 15 is 0 Å². The average Bonchev–Trinajstić information content (AvgIpc) is 2.37. The molecule has 0 fully saturated rings. The average molecular weight is 251 g/mol. The normalized spacial score (nSPS) is 9.50. The summed E-state index contributed by atoms with van der Waals surface area (Å²) < 4.78 is 18.3. The quantitative estimate of drug-likeness (QED) is 0.789. The molecule has 0 aliphatic heterocycles. The number of ether oxygens (including phenoxy) is 1. The highest BCUT2D eigenvalue weighted by Gasteiger charge is 2.05. The van der Waals surface area contributed by atoms with Crippen molar-refractivity contribution in [1.29, 1.82) is 0 Å². The topological polar surface area (TPSA) is 58.6 Å². The van der Waals surface area contributed by atoms with Gasteiger partial charge >= 0.3 is 0 Å². The first kappa shape index (κ1) is 14.2. The number of benzene rings is 1. The second-order valence-corrected chi connectivity index (χ2v) is 3.34. The van der Waals surface area contributed by atoms with Gasteiger partial charge in [-0.2, -0.15) is 0 Å². The highest BCUT2D eigenvalue weighted by Crippen LogP contribution is 2.13. The molecule has 0 saturated heterocycles. The standard InChI is InChI=1S/C13H14FNO3/c1-2-18-9-13(17)15-11-5-6-12(14)10(8-11)4-3-7-16/h5-6,8,16H,2,7,9H2,1H3,(H,15,17). The van der Waals surface area contributed by atoms with Crippen LogP contribution in [-0.4, -0.2) is 30.8 Å². The van der Waals surface area contributed by atoms with Gasteiger partial charge in [0.1, 0.15) is 19.0 Å². The number of carbonyl (C=O) groups is 1. The van der Waals surface area contributed by atoms with Crippen molar-refractivity contribution >= 4 is 11.6 Å². The Bertz CT molecular complexity index is 477. The maximum absolute atomic E-state index is 13.3. The van der Waals surface area contributed by atoms with Gasteiger partial charge in [0.25, 0.3) is 0 Å². The first-order valence-electron chi connectivity index (χ1n) is 5.44. The Balaban J connectivity index is 2.75. The number of anilines is 1. The fourth-order valence-electron chi connectivity index (χ4n) is 1.23. The summed E-state index contributed by atoms with van der Waals surface area (Å²) in [7, 11) is 0. The molecule has 96 valence electrons. The van der Waals surface area contributed by atoms with Gasteiger partial charge in [0.05, 0.1) is 5.56 Å². The molecule has 1 rings (SSSR count). The van der Waals surface area contributed by atoms with E-state index in [1.807, 2.05) is 0 Å². The smallest absolute Gasteiger partial charge is 0.250 e. The summed E-state index contributed by atoms with van der Waals surface area (Å²) in [6.45, 7) is 1.84.